The molecule has 5 heteroatoms. The zero-order chi connectivity index (χ0) is 17.5. The quantitative estimate of drug-likeness (QED) is 0.327. The van der Waals surface area contributed by atoms with E-state index in [1.165, 1.54) is 11.1 Å². The molecular weight excluding hydrogens is 371 g/mol. The van der Waals surface area contributed by atoms with Gasteiger partial charge in [-0.05, 0) is 41.9 Å². The summed E-state index contributed by atoms with van der Waals surface area (Å²) in [6.07, 6.45) is 7.64. The smallest absolute Gasteiger partial charge is 0.125 e. The predicted molar refractivity (Wildman–Crippen MR) is 109 cm³/mol. The first-order valence-electron chi connectivity index (χ1n) is 8.26. The van der Waals surface area contributed by atoms with E-state index < -0.39 is 0 Å². The van der Waals surface area contributed by atoms with Crippen molar-refractivity contribution in [2.45, 2.75) is 23.6 Å². The first-order valence-corrected chi connectivity index (χ1v) is 10.1. The third-order valence-electron chi connectivity index (χ3n) is 4.01. The number of nitrogens with zero attached hydrogens (tertiary/aromatic N) is 2. The summed E-state index contributed by atoms with van der Waals surface area (Å²) in [5.41, 5.74) is 2.37. The molecule has 0 saturated carbocycles. The van der Waals surface area contributed by atoms with Crippen molar-refractivity contribution in [1.82, 2.24) is 9.55 Å². The lowest BCUT2D eigenvalue weighted by Crippen LogP contribution is -2.10. The molecular formula is C20H20Cl2N2S. The zero-order valence-corrected chi connectivity index (χ0v) is 16.1. The van der Waals surface area contributed by atoms with Gasteiger partial charge in [-0.25, -0.2) is 4.98 Å². The van der Waals surface area contributed by atoms with Crippen molar-refractivity contribution >= 4 is 35.0 Å². The molecule has 0 aliphatic carbocycles. The molecule has 2 aromatic carbocycles. The largest absolute Gasteiger partial charge is 0.319 e. The Balaban J connectivity index is 1.65. The maximum absolute atomic E-state index is 6.75. The Morgan fingerprint density at radius 3 is 2.48 bits per heavy atom. The fraction of sp³-hybridized carbons (Fsp3) is 0.250. The lowest BCUT2D eigenvalue weighted by Gasteiger charge is -2.23. The first kappa shape index (κ1) is 18.4. The molecule has 2 unspecified atom stereocenters. The second-order valence-corrected chi connectivity index (χ2v) is 7.95. The number of alkyl halides is 1. The molecule has 3 aromatic rings. The van der Waals surface area contributed by atoms with Crippen molar-refractivity contribution in [2.75, 3.05) is 5.75 Å². The molecule has 0 N–H and O–H groups in total. The van der Waals surface area contributed by atoms with Gasteiger partial charge in [0.15, 0.2) is 0 Å². The first-order chi connectivity index (χ1) is 12.2. The van der Waals surface area contributed by atoms with E-state index in [-0.39, 0.29) is 10.8 Å². The molecule has 0 aliphatic heterocycles. The highest BCUT2D eigenvalue weighted by Crippen LogP contribution is 2.41. The summed E-state index contributed by atoms with van der Waals surface area (Å²) in [7, 11) is 0. The van der Waals surface area contributed by atoms with Crippen LogP contribution in [0.1, 0.15) is 28.3 Å². The molecule has 0 saturated heterocycles. The average Bonchev–Trinajstić information content (AvgIpc) is 3.18. The normalized spacial score (nSPS) is 13.5. The van der Waals surface area contributed by atoms with Crippen molar-refractivity contribution < 1.29 is 0 Å². The highest BCUT2D eigenvalue weighted by atomic mass is 35.5. The van der Waals surface area contributed by atoms with Gasteiger partial charge in [-0.2, -0.15) is 11.8 Å². The summed E-state index contributed by atoms with van der Waals surface area (Å²) >= 11 is 14.7. The van der Waals surface area contributed by atoms with Crippen LogP contribution in [0.4, 0.5) is 0 Å². The molecule has 2 atom stereocenters. The van der Waals surface area contributed by atoms with Crippen LogP contribution in [-0.4, -0.2) is 15.3 Å². The third-order valence-corrected chi connectivity index (χ3v) is 6.30. The van der Waals surface area contributed by atoms with Gasteiger partial charge < -0.3 is 4.57 Å². The van der Waals surface area contributed by atoms with E-state index in [2.05, 4.69) is 47.4 Å². The van der Waals surface area contributed by atoms with Crippen LogP contribution in [0.25, 0.3) is 0 Å². The minimum Gasteiger partial charge on any atom is -0.319 e. The number of halogens is 2. The molecule has 0 fully saturated rings. The van der Waals surface area contributed by atoms with Gasteiger partial charge >= 0.3 is 0 Å². The fourth-order valence-electron chi connectivity index (χ4n) is 2.69. The van der Waals surface area contributed by atoms with Crippen molar-refractivity contribution in [2.24, 2.45) is 0 Å². The average molecular weight is 391 g/mol. The maximum Gasteiger partial charge on any atom is 0.125 e. The van der Waals surface area contributed by atoms with Gasteiger partial charge in [0, 0.05) is 17.4 Å². The van der Waals surface area contributed by atoms with Crippen LogP contribution in [0.5, 0.6) is 0 Å². The Hall–Kier alpha value is -1.42. The monoisotopic (exact) mass is 390 g/mol. The van der Waals surface area contributed by atoms with E-state index >= 15 is 0 Å². The van der Waals surface area contributed by atoms with E-state index in [1.807, 2.05) is 34.7 Å². The van der Waals surface area contributed by atoms with Crippen LogP contribution in [0.15, 0.2) is 73.3 Å². The summed E-state index contributed by atoms with van der Waals surface area (Å²) < 4.78 is 1.95. The Kier molecular flexibility index (Phi) is 6.85. The molecule has 0 amide bonds. The topological polar surface area (TPSA) is 17.8 Å². The summed E-state index contributed by atoms with van der Waals surface area (Å²) in [4.78, 5) is 4.12. The Morgan fingerprint density at radius 1 is 1.04 bits per heavy atom. The number of benzene rings is 2. The summed E-state index contributed by atoms with van der Waals surface area (Å²) in [6.45, 7) is 0. The minimum atomic E-state index is -0.189. The highest BCUT2D eigenvalue weighted by molar-refractivity contribution is 7.99. The molecule has 2 nitrogen and oxygen atoms in total. The number of rotatable bonds is 8. The standard InChI is InChI=1S/C20H20Cl2N2S/c21-18-10-8-17(9-11-18)19(20(22)24-13-12-23-15-24)25-14-4-7-16-5-2-1-3-6-16/h1-3,5-6,8-13,15,19-20H,4,7,14H2. The number of imidazole rings is 1. The number of aryl methyl sites for hydroxylation is 1. The lowest BCUT2D eigenvalue weighted by molar-refractivity contribution is 0.650. The molecule has 0 bridgehead atoms. The summed E-state index contributed by atoms with van der Waals surface area (Å²) in [6, 6.07) is 18.6. The Labute approximate surface area is 163 Å². The van der Waals surface area contributed by atoms with Crippen molar-refractivity contribution in [3.63, 3.8) is 0 Å². The molecule has 0 spiro atoms. The number of thioether (sulfide) groups is 1. The third kappa shape index (κ3) is 5.27. The fourth-order valence-corrected chi connectivity index (χ4v) is 4.51. The van der Waals surface area contributed by atoms with Gasteiger partial charge in [0.1, 0.15) is 5.50 Å². The van der Waals surface area contributed by atoms with Gasteiger partial charge in [0.2, 0.25) is 0 Å². The van der Waals surface area contributed by atoms with Gasteiger partial charge in [-0.15, -0.1) is 0 Å². The summed E-state index contributed by atoms with van der Waals surface area (Å²) in [5.74, 6) is 1.04. The Bertz CT molecular complexity index is 745. The van der Waals surface area contributed by atoms with Crippen molar-refractivity contribution in [1.29, 1.82) is 0 Å². The maximum atomic E-state index is 6.75. The second kappa shape index (κ2) is 9.33. The molecule has 0 aliphatic rings. The molecule has 130 valence electrons. The van der Waals surface area contributed by atoms with Crippen LogP contribution < -0.4 is 0 Å². The molecule has 1 heterocycles. The van der Waals surface area contributed by atoms with Gasteiger partial charge in [0.05, 0.1) is 11.6 Å². The second-order valence-electron chi connectivity index (χ2n) is 5.81. The van der Waals surface area contributed by atoms with Crippen LogP contribution in [0.3, 0.4) is 0 Å². The van der Waals surface area contributed by atoms with Crippen molar-refractivity contribution in [3.05, 3.63) is 89.5 Å². The van der Waals surface area contributed by atoms with E-state index in [0.717, 1.165) is 23.6 Å². The van der Waals surface area contributed by atoms with Gasteiger partial charge in [-0.1, -0.05) is 65.7 Å². The van der Waals surface area contributed by atoms with E-state index in [0.29, 0.717) is 0 Å². The van der Waals surface area contributed by atoms with E-state index in [1.54, 1.807) is 12.5 Å². The molecule has 25 heavy (non-hydrogen) atoms. The SMILES string of the molecule is Clc1ccc(C(SCCCc2ccccc2)C(Cl)n2ccnc2)cc1. The summed E-state index contributed by atoms with van der Waals surface area (Å²) in [5, 5.41) is 0.884. The number of hydrogen-bond acceptors (Lipinski definition) is 2. The van der Waals surface area contributed by atoms with Crippen LogP contribution >= 0.6 is 35.0 Å². The molecule has 0 radical (unpaired) electrons. The van der Waals surface area contributed by atoms with Crippen LogP contribution in [0.2, 0.25) is 5.02 Å². The highest BCUT2D eigenvalue weighted by Gasteiger charge is 2.23. The lowest BCUT2D eigenvalue weighted by atomic mass is 10.1. The number of hydrogen-bond donors (Lipinski definition) is 0. The van der Waals surface area contributed by atoms with E-state index in [4.69, 9.17) is 23.2 Å². The molecule has 1 aromatic heterocycles. The van der Waals surface area contributed by atoms with Crippen LogP contribution in [0, 0.1) is 0 Å². The molecule has 3 rings (SSSR count). The van der Waals surface area contributed by atoms with Crippen LogP contribution in [-0.2, 0) is 6.42 Å². The van der Waals surface area contributed by atoms with Gasteiger partial charge in [0.25, 0.3) is 0 Å². The van der Waals surface area contributed by atoms with Crippen molar-refractivity contribution in [3.8, 4) is 0 Å². The van der Waals surface area contributed by atoms with Gasteiger partial charge in [-0.3, -0.25) is 0 Å². The zero-order valence-electron chi connectivity index (χ0n) is 13.8. The number of aromatic nitrogens is 2. The minimum absolute atomic E-state index is 0.143. The van der Waals surface area contributed by atoms with E-state index in [9.17, 15) is 0 Å². The Morgan fingerprint density at radius 2 is 1.80 bits per heavy atom. The predicted octanol–water partition coefficient (Wildman–Crippen LogP) is 6.38.